The van der Waals surface area contributed by atoms with Crippen molar-refractivity contribution in [1.29, 1.82) is 0 Å². The second-order valence-electron chi connectivity index (χ2n) is 5.90. The fraction of sp³-hybridized carbons (Fsp3) is 0.588. The van der Waals surface area contributed by atoms with Gasteiger partial charge in [-0.05, 0) is 56.5 Å². The molecule has 1 aromatic carbocycles. The Labute approximate surface area is 126 Å². The molecule has 0 unspecified atom stereocenters. The van der Waals surface area contributed by atoms with Gasteiger partial charge in [-0.25, -0.2) is 4.39 Å². The van der Waals surface area contributed by atoms with Gasteiger partial charge in [-0.15, -0.1) is 0 Å². The van der Waals surface area contributed by atoms with Crippen molar-refractivity contribution in [1.82, 2.24) is 4.90 Å². The van der Waals surface area contributed by atoms with Gasteiger partial charge in [0.15, 0.2) is 0 Å². The summed E-state index contributed by atoms with van der Waals surface area (Å²) in [6.07, 6.45) is 6.56. The lowest BCUT2D eigenvalue weighted by Gasteiger charge is -2.34. The molecule has 1 aliphatic carbocycles. The number of rotatable bonds is 5. The summed E-state index contributed by atoms with van der Waals surface area (Å²) in [4.78, 5) is 14.7. The van der Waals surface area contributed by atoms with Crippen molar-refractivity contribution in [3.8, 4) is 0 Å². The molecule has 1 aromatic rings. The molecule has 0 atom stereocenters. The number of halogens is 1. The third-order valence-corrected chi connectivity index (χ3v) is 4.28. The average molecular weight is 292 g/mol. The molecule has 0 spiro atoms. The SMILES string of the molecule is Cc1cc(C(=O)N(CCCN)C2CCCCC2)ccc1F. The summed E-state index contributed by atoms with van der Waals surface area (Å²) in [6.45, 7) is 2.96. The van der Waals surface area contributed by atoms with Crippen LogP contribution in [0.2, 0.25) is 0 Å². The number of nitrogens with zero attached hydrogens (tertiary/aromatic N) is 1. The Kier molecular flexibility index (Phi) is 5.74. The Morgan fingerprint density at radius 3 is 2.67 bits per heavy atom. The molecular weight excluding hydrogens is 267 g/mol. The van der Waals surface area contributed by atoms with Gasteiger partial charge >= 0.3 is 0 Å². The standard InChI is InChI=1S/C17H25FN2O/c1-13-12-14(8-9-16(13)18)17(21)20(11-5-10-19)15-6-3-2-4-7-15/h8-9,12,15H,2-7,10-11,19H2,1H3. The summed E-state index contributed by atoms with van der Waals surface area (Å²) in [5.41, 5.74) is 6.70. The highest BCUT2D eigenvalue weighted by Crippen LogP contribution is 2.24. The van der Waals surface area contributed by atoms with Gasteiger partial charge in [-0.1, -0.05) is 19.3 Å². The van der Waals surface area contributed by atoms with Crippen LogP contribution in [0.1, 0.15) is 54.4 Å². The van der Waals surface area contributed by atoms with Gasteiger partial charge in [0, 0.05) is 18.2 Å². The normalized spacial score (nSPS) is 16.0. The quantitative estimate of drug-likeness (QED) is 0.905. The molecule has 0 heterocycles. The zero-order valence-corrected chi connectivity index (χ0v) is 12.8. The molecule has 116 valence electrons. The van der Waals surface area contributed by atoms with Crippen LogP contribution in [0.4, 0.5) is 4.39 Å². The van der Waals surface area contributed by atoms with Crippen molar-refractivity contribution in [2.45, 2.75) is 51.5 Å². The molecule has 0 saturated heterocycles. The largest absolute Gasteiger partial charge is 0.336 e. The Morgan fingerprint density at radius 2 is 2.05 bits per heavy atom. The number of benzene rings is 1. The molecule has 0 aliphatic heterocycles. The highest BCUT2D eigenvalue weighted by molar-refractivity contribution is 5.94. The minimum Gasteiger partial charge on any atom is -0.336 e. The Bertz CT molecular complexity index is 484. The number of amides is 1. The fourth-order valence-corrected chi connectivity index (χ4v) is 3.05. The van der Waals surface area contributed by atoms with Crippen LogP contribution in [0.25, 0.3) is 0 Å². The number of nitrogens with two attached hydrogens (primary N) is 1. The molecule has 2 rings (SSSR count). The van der Waals surface area contributed by atoms with E-state index < -0.39 is 0 Å². The highest BCUT2D eigenvalue weighted by Gasteiger charge is 2.26. The lowest BCUT2D eigenvalue weighted by molar-refractivity contribution is 0.0632. The van der Waals surface area contributed by atoms with E-state index in [4.69, 9.17) is 5.73 Å². The summed E-state index contributed by atoms with van der Waals surface area (Å²) in [6, 6.07) is 4.92. The number of aryl methyl sites for hydroxylation is 1. The van der Waals surface area contributed by atoms with E-state index in [-0.39, 0.29) is 11.7 Å². The Balaban J connectivity index is 2.17. The minimum atomic E-state index is -0.266. The average Bonchev–Trinajstić information content (AvgIpc) is 2.51. The molecule has 2 N–H and O–H groups in total. The topological polar surface area (TPSA) is 46.3 Å². The summed E-state index contributed by atoms with van der Waals surface area (Å²) < 4.78 is 13.4. The predicted octanol–water partition coefficient (Wildman–Crippen LogP) is 3.26. The summed E-state index contributed by atoms with van der Waals surface area (Å²) >= 11 is 0. The van der Waals surface area contributed by atoms with Crippen LogP contribution < -0.4 is 5.73 Å². The van der Waals surface area contributed by atoms with Gasteiger partial charge in [0.05, 0.1) is 0 Å². The van der Waals surface area contributed by atoms with Gasteiger partial charge < -0.3 is 10.6 Å². The predicted molar refractivity (Wildman–Crippen MR) is 82.7 cm³/mol. The van der Waals surface area contributed by atoms with E-state index in [9.17, 15) is 9.18 Å². The molecule has 1 aliphatic rings. The summed E-state index contributed by atoms with van der Waals surface area (Å²) in [5.74, 6) is -0.254. The summed E-state index contributed by atoms with van der Waals surface area (Å²) in [7, 11) is 0. The van der Waals surface area contributed by atoms with Gasteiger partial charge in [-0.2, -0.15) is 0 Å². The number of hydrogen-bond donors (Lipinski definition) is 1. The van der Waals surface area contributed by atoms with E-state index in [0.29, 0.717) is 30.3 Å². The molecule has 4 heteroatoms. The van der Waals surface area contributed by atoms with Crippen molar-refractivity contribution in [2.24, 2.45) is 5.73 Å². The summed E-state index contributed by atoms with van der Waals surface area (Å²) in [5, 5.41) is 0. The second-order valence-corrected chi connectivity index (χ2v) is 5.90. The van der Waals surface area contributed by atoms with Crippen LogP contribution in [0.5, 0.6) is 0 Å². The zero-order valence-electron chi connectivity index (χ0n) is 12.8. The van der Waals surface area contributed by atoms with Crippen LogP contribution in [-0.2, 0) is 0 Å². The maximum Gasteiger partial charge on any atom is 0.254 e. The molecular formula is C17H25FN2O. The van der Waals surface area contributed by atoms with Crippen LogP contribution >= 0.6 is 0 Å². The first-order valence-electron chi connectivity index (χ1n) is 7.90. The smallest absolute Gasteiger partial charge is 0.254 e. The zero-order chi connectivity index (χ0) is 15.2. The molecule has 1 fully saturated rings. The van der Waals surface area contributed by atoms with Crippen LogP contribution in [-0.4, -0.2) is 29.9 Å². The molecule has 1 saturated carbocycles. The second kappa shape index (κ2) is 7.55. The van der Waals surface area contributed by atoms with E-state index in [1.165, 1.54) is 25.3 Å². The van der Waals surface area contributed by atoms with Crippen LogP contribution in [0, 0.1) is 12.7 Å². The van der Waals surface area contributed by atoms with E-state index in [0.717, 1.165) is 19.3 Å². The third-order valence-electron chi connectivity index (χ3n) is 4.28. The van der Waals surface area contributed by atoms with Gasteiger partial charge in [-0.3, -0.25) is 4.79 Å². The number of carbonyl (C=O) groups excluding carboxylic acids is 1. The Hall–Kier alpha value is -1.42. The molecule has 3 nitrogen and oxygen atoms in total. The highest BCUT2D eigenvalue weighted by atomic mass is 19.1. The van der Waals surface area contributed by atoms with Crippen molar-refractivity contribution in [3.63, 3.8) is 0 Å². The van der Waals surface area contributed by atoms with Crippen LogP contribution in [0.15, 0.2) is 18.2 Å². The first kappa shape index (κ1) is 16.0. The lowest BCUT2D eigenvalue weighted by Crippen LogP contribution is -2.42. The monoisotopic (exact) mass is 292 g/mol. The number of hydrogen-bond acceptors (Lipinski definition) is 2. The molecule has 21 heavy (non-hydrogen) atoms. The first-order chi connectivity index (χ1) is 10.1. The van der Waals surface area contributed by atoms with E-state index >= 15 is 0 Å². The van der Waals surface area contributed by atoms with Crippen LogP contribution in [0.3, 0.4) is 0 Å². The van der Waals surface area contributed by atoms with Crippen molar-refractivity contribution >= 4 is 5.91 Å². The van der Waals surface area contributed by atoms with E-state index in [1.807, 2.05) is 4.90 Å². The number of carbonyl (C=O) groups is 1. The van der Waals surface area contributed by atoms with Crippen molar-refractivity contribution < 1.29 is 9.18 Å². The molecule has 0 aromatic heterocycles. The molecule has 0 bridgehead atoms. The third kappa shape index (κ3) is 4.03. The maximum absolute atomic E-state index is 13.4. The van der Waals surface area contributed by atoms with Crippen molar-refractivity contribution in [2.75, 3.05) is 13.1 Å². The minimum absolute atomic E-state index is 0.0125. The van der Waals surface area contributed by atoms with Gasteiger partial charge in [0.1, 0.15) is 5.82 Å². The molecule has 0 radical (unpaired) electrons. The first-order valence-corrected chi connectivity index (χ1v) is 7.90. The Morgan fingerprint density at radius 1 is 1.33 bits per heavy atom. The maximum atomic E-state index is 13.4. The van der Waals surface area contributed by atoms with E-state index in [2.05, 4.69) is 0 Å². The van der Waals surface area contributed by atoms with Crippen molar-refractivity contribution in [3.05, 3.63) is 35.1 Å². The lowest BCUT2D eigenvalue weighted by atomic mass is 9.93. The van der Waals surface area contributed by atoms with E-state index in [1.54, 1.807) is 19.1 Å². The fourth-order valence-electron chi connectivity index (χ4n) is 3.05. The molecule has 1 amide bonds. The van der Waals surface area contributed by atoms with Gasteiger partial charge in [0.25, 0.3) is 5.91 Å². The van der Waals surface area contributed by atoms with Gasteiger partial charge in [0.2, 0.25) is 0 Å².